The summed E-state index contributed by atoms with van der Waals surface area (Å²) < 4.78 is 10.2. The Balaban J connectivity index is 2.24. The number of fused-ring (bicyclic) bond motifs is 1. The third-order valence-electron chi connectivity index (χ3n) is 2.99. The predicted molar refractivity (Wildman–Crippen MR) is 81.0 cm³/mol. The summed E-state index contributed by atoms with van der Waals surface area (Å²) in [6, 6.07) is 5.93. The topological polar surface area (TPSA) is 47.8 Å². The van der Waals surface area contributed by atoms with Crippen LogP contribution in [-0.4, -0.2) is 25.4 Å². The van der Waals surface area contributed by atoms with Gasteiger partial charge in [0.1, 0.15) is 11.3 Å². The molecule has 0 aliphatic carbocycles. The maximum absolute atomic E-state index is 5.83. The van der Waals surface area contributed by atoms with E-state index in [1.54, 1.807) is 10.9 Å². The number of nitrogens with one attached hydrogen (secondary N) is 1. The largest absolute Gasteiger partial charge is 0.489 e. The molecular formula is C14H16N4OS. The van der Waals surface area contributed by atoms with Gasteiger partial charge in [0, 0.05) is 13.2 Å². The summed E-state index contributed by atoms with van der Waals surface area (Å²) >= 11 is 5.43. The molecule has 0 amide bonds. The van der Waals surface area contributed by atoms with Gasteiger partial charge in [0.15, 0.2) is 4.77 Å². The number of imidazole rings is 1. The molecule has 0 atom stereocenters. The van der Waals surface area contributed by atoms with Crippen LogP contribution in [-0.2, 0) is 7.05 Å². The van der Waals surface area contributed by atoms with Gasteiger partial charge in [0.05, 0.1) is 23.5 Å². The first kappa shape index (κ1) is 12.9. The zero-order valence-electron chi connectivity index (χ0n) is 11.6. The van der Waals surface area contributed by atoms with Crippen LogP contribution in [0.1, 0.15) is 13.8 Å². The van der Waals surface area contributed by atoms with E-state index in [9.17, 15) is 0 Å². The summed E-state index contributed by atoms with van der Waals surface area (Å²) in [7, 11) is 1.88. The second-order valence-corrected chi connectivity index (χ2v) is 5.34. The van der Waals surface area contributed by atoms with Gasteiger partial charge in [-0.15, -0.1) is 0 Å². The van der Waals surface area contributed by atoms with Gasteiger partial charge in [-0.1, -0.05) is 6.07 Å². The number of hydrogen-bond donors (Lipinski definition) is 1. The van der Waals surface area contributed by atoms with Crippen LogP contribution in [0.3, 0.4) is 0 Å². The van der Waals surface area contributed by atoms with Crippen LogP contribution in [0.4, 0.5) is 0 Å². The summed E-state index contributed by atoms with van der Waals surface area (Å²) in [5, 5.41) is 4.20. The first-order valence-electron chi connectivity index (χ1n) is 6.45. The summed E-state index contributed by atoms with van der Waals surface area (Å²) in [4.78, 5) is 3.22. The number of aryl methyl sites for hydroxylation is 1. The minimum absolute atomic E-state index is 0.115. The maximum Gasteiger partial charge on any atom is 0.182 e. The molecule has 0 aliphatic rings. The molecule has 0 saturated carbocycles. The fraction of sp³-hybridized carbons (Fsp3) is 0.286. The van der Waals surface area contributed by atoms with Crippen molar-refractivity contribution in [1.29, 1.82) is 0 Å². The number of aromatic amines is 1. The Hall–Kier alpha value is -2.08. The van der Waals surface area contributed by atoms with E-state index < -0.39 is 0 Å². The monoisotopic (exact) mass is 288 g/mol. The molecule has 104 valence electrons. The third kappa shape index (κ3) is 2.12. The average molecular weight is 288 g/mol. The van der Waals surface area contributed by atoms with Crippen molar-refractivity contribution in [3.8, 4) is 11.4 Å². The van der Waals surface area contributed by atoms with Gasteiger partial charge < -0.3 is 9.72 Å². The minimum atomic E-state index is 0.115. The quantitative estimate of drug-likeness (QED) is 0.753. The summed E-state index contributed by atoms with van der Waals surface area (Å²) in [5.41, 5.74) is 2.83. The van der Waals surface area contributed by atoms with E-state index in [0.29, 0.717) is 4.77 Å². The number of ether oxygens (including phenoxy) is 1. The van der Waals surface area contributed by atoms with Crippen molar-refractivity contribution in [2.24, 2.45) is 7.05 Å². The second kappa shape index (κ2) is 4.79. The number of aromatic nitrogens is 4. The average Bonchev–Trinajstić information content (AvgIpc) is 2.92. The van der Waals surface area contributed by atoms with Gasteiger partial charge in [0.25, 0.3) is 0 Å². The van der Waals surface area contributed by atoms with Crippen LogP contribution in [0.25, 0.3) is 16.7 Å². The molecule has 0 unspecified atom stereocenters. The Morgan fingerprint density at radius 2 is 2.15 bits per heavy atom. The Morgan fingerprint density at radius 3 is 2.80 bits per heavy atom. The SMILES string of the molecule is CC(C)Oc1cccc2c1[nH]c(=S)n2-c1cnn(C)c1. The van der Waals surface area contributed by atoms with Gasteiger partial charge in [-0.3, -0.25) is 9.25 Å². The first-order valence-corrected chi connectivity index (χ1v) is 6.86. The molecule has 0 aliphatic heterocycles. The lowest BCUT2D eigenvalue weighted by molar-refractivity contribution is 0.245. The minimum Gasteiger partial charge on any atom is -0.489 e. The van der Waals surface area contributed by atoms with Gasteiger partial charge in [-0.25, -0.2) is 0 Å². The fourth-order valence-electron chi connectivity index (χ4n) is 2.24. The highest BCUT2D eigenvalue weighted by molar-refractivity contribution is 7.71. The molecule has 5 nitrogen and oxygen atoms in total. The van der Waals surface area contributed by atoms with Crippen LogP contribution < -0.4 is 4.74 Å². The lowest BCUT2D eigenvalue weighted by Crippen LogP contribution is -2.05. The van der Waals surface area contributed by atoms with E-state index in [-0.39, 0.29) is 6.10 Å². The molecule has 20 heavy (non-hydrogen) atoms. The van der Waals surface area contributed by atoms with Gasteiger partial charge in [0.2, 0.25) is 0 Å². The first-order chi connectivity index (χ1) is 9.56. The molecule has 3 aromatic rings. The summed E-state index contributed by atoms with van der Waals surface area (Å²) in [5.74, 6) is 0.811. The molecule has 6 heteroatoms. The van der Waals surface area contributed by atoms with Gasteiger partial charge >= 0.3 is 0 Å². The van der Waals surface area contributed by atoms with Crippen LogP contribution in [0, 0.1) is 4.77 Å². The van der Waals surface area contributed by atoms with Crippen LogP contribution >= 0.6 is 12.2 Å². The second-order valence-electron chi connectivity index (χ2n) is 4.95. The number of nitrogens with zero attached hydrogens (tertiary/aromatic N) is 3. The zero-order chi connectivity index (χ0) is 14.3. The lowest BCUT2D eigenvalue weighted by atomic mass is 10.3. The molecule has 1 N–H and O–H groups in total. The van der Waals surface area contributed by atoms with E-state index in [4.69, 9.17) is 17.0 Å². The molecular weight excluding hydrogens is 272 g/mol. The standard InChI is InChI=1S/C14H16N4OS/c1-9(2)19-12-6-4-5-11-13(12)16-14(20)18(11)10-7-15-17(3)8-10/h4-9H,1-3H3,(H,16,20). The van der Waals surface area contributed by atoms with Crippen molar-refractivity contribution in [2.75, 3.05) is 0 Å². The van der Waals surface area contributed by atoms with Crippen molar-refractivity contribution in [2.45, 2.75) is 20.0 Å². The Morgan fingerprint density at radius 1 is 1.35 bits per heavy atom. The predicted octanol–water partition coefficient (Wildman–Crippen LogP) is 3.21. The van der Waals surface area contributed by atoms with Gasteiger partial charge in [-0.2, -0.15) is 5.10 Å². The summed E-state index contributed by atoms with van der Waals surface area (Å²) in [6.45, 7) is 4.01. The highest BCUT2D eigenvalue weighted by atomic mass is 32.1. The highest BCUT2D eigenvalue weighted by Gasteiger charge is 2.12. The third-order valence-corrected chi connectivity index (χ3v) is 3.28. The van der Waals surface area contributed by atoms with Crippen molar-refractivity contribution < 1.29 is 4.74 Å². The van der Waals surface area contributed by atoms with Crippen molar-refractivity contribution >= 4 is 23.3 Å². The maximum atomic E-state index is 5.83. The molecule has 0 radical (unpaired) electrons. The number of H-pyrrole nitrogens is 1. The van der Waals surface area contributed by atoms with Crippen LogP contribution in [0.15, 0.2) is 30.6 Å². The molecule has 0 saturated heterocycles. The Labute approximate surface area is 121 Å². The van der Waals surface area contributed by atoms with Crippen molar-refractivity contribution in [3.63, 3.8) is 0 Å². The number of benzene rings is 1. The number of rotatable bonds is 3. The summed E-state index contributed by atoms with van der Waals surface area (Å²) in [6.07, 6.45) is 3.84. The number of para-hydroxylation sites is 1. The molecule has 2 heterocycles. The molecule has 1 aromatic carbocycles. The lowest BCUT2D eigenvalue weighted by Gasteiger charge is -2.10. The Kier molecular flexibility index (Phi) is 3.10. The Bertz CT molecular complexity index is 812. The van der Waals surface area contributed by atoms with E-state index in [0.717, 1.165) is 22.5 Å². The fourth-order valence-corrected chi connectivity index (χ4v) is 2.54. The molecule has 0 bridgehead atoms. The highest BCUT2D eigenvalue weighted by Crippen LogP contribution is 2.27. The molecule has 2 aromatic heterocycles. The van der Waals surface area contributed by atoms with Crippen molar-refractivity contribution in [1.82, 2.24) is 19.3 Å². The van der Waals surface area contributed by atoms with Crippen LogP contribution in [0.2, 0.25) is 0 Å². The van der Waals surface area contributed by atoms with E-state index in [1.807, 2.05) is 49.9 Å². The van der Waals surface area contributed by atoms with Gasteiger partial charge in [-0.05, 0) is 38.2 Å². The molecule has 0 fully saturated rings. The van der Waals surface area contributed by atoms with E-state index in [1.165, 1.54) is 0 Å². The van der Waals surface area contributed by atoms with Crippen LogP contribution in [0.5, 0.6) is 5.75 Å². The van der Waals surface area contributed by atoms with E-state index in [2.05, 4.69) is 10.1 Å². The number of hydrogen-bond acceptors (Lipinski definition) is 3. The smallest absolute Gasteiger partial charge is 0.182 e. The normalized spacial score (nSPS) is 11.4. The van der Waals surface area contributed by atoms with E-state index >= 15 is 0 Å². The molecule has 3 rings (SSSR count). The zero-order valence-corrected chi connectivity index (χ0v) is 12.4. The molecule has 0 spiro atoms. The van der Waals surface area contributed by atoms with Crippen molar-refractivity contribution in [3.05, 3.63) is 35.4 Å².